The van der Waals surface area contributed by atoms with Gasteiger partial charge in [0.2, 0.25) is 0 Å². The van der Waals surface area contributed by atoms with Gasteiger partial charge >= 0.3 is 0 Å². The Bertz CT molecular complexity index is 628. The molecule has 3 rings (SSSR count). The second kappa shape index (κ2) is 5.81. The molecule has 1 heterocycles. The highest BCUT2D eigenvalue weighted by molar-refractivity contribution is 6.43. The molecule has 21 heavy (non-hydrogen) atoms. The number of aromatic nitrogens is 4. The first kappa shape index (κ1) is 14.6. The van der Waals surface area contributed by atoms with Crippen LogP contribution in [0.1, 0.15) is 38.6 Å². The van der Waals surface area contributed by atoms with Gasteiger partial charge in [0.25, 0.3) is 0 Å². The third-order valence-corrected chi connectivity index (χ3v) is 4.74. The Balaban J connectivity index is 1.97. The summed E-state index contributed by atoms with van der Waals surface area (Å²) in [6.45, 7) is 2.15. The minimum Gasteiger partial charge on any atom is -0.397 e. The van der Waals surface area contributed by atoms with E-state index in [2.05, 4.69) is 22.4 Å². The molecule has 1 atom stereocenters. The number of benzene rings is 1. The Morgan fingerprint density at radius 3 is 2.76 bits per heavy atom. The first-order valence-electron chi connectivity index (χ1n) is 7.13. The van der Waals surface area contributed by atoms with Crippen molar-refractivity contribution in [2.75, 3.05) is 5.73 Å². The molecule has 0 saturated heterocycles. The van der Waals surface area contributed by atoms with Crippen molar-refractivity contribution < 1.29 is 0 Å². The Labute approximate surface area is 133 Å². The van der Waals surface area contributed by atoms with Gasteiger partial charge in [-0.2, -0.15) is 0 Å². The van der Waals surface area contributed by atoms with Crippen molar-refractivity contribution >= 4 is 28.9 Å². The number of anilines is 1. The molecule has 1 saturated carbocycles. The van der Waals surface area contributed by atoms with E-state index in [9.17, 15) is 0 Å². The van der Waals surface area contributed by atoms with Crippen LogP contribution in [0.3, 0.4) is 0 Å². The van der Waals surface area contributed by atoms with E-state index in [4.69, 9.17) is 28.9 Å². The van der Waals surface area contributed by atoms with E-state index in [-0.39, 0.29) is 0 Å². The molecule has 0 aliphatic heterocycles. The smallest absolute Gasteiger partial charge is 0.182 e. The average Bonchev–Trinajstić information content (AvgIpc) is 3.16. The van der Waals surface area contributed by atoms with Crippen molar-refractivity contribution in [2.24, 2.45) is 5.92 Å². The number of rotatable bonds is 5. The van der Waals surface area contributed by atoms with Crippen molar-refractivity contribution in [2.45, 2.75) is 38.6 Å². The fraction of sp³-hybridized carbons (Fsp3) is 0.500. The van der Waals surface area contributed by atoms with Gasteiger partial charge < -0.3 is 5.73 Å². The first-order chi connectivity index (χ1) is 10.1. The summed E-state index contributed by atoms with van der Waals surface area (Å²) < 4.78 is 1.89. The van der Waals surface area contributed by atoms with Gasteiger partial charge in [0.05, 0.1) is 21.8 Å². The predicted molar refractivity (Wildman–Crippen MR) is 84.4 cm³/mol. The zero-order chi connectivity index (χ0) is 15.0. The maximum atomic E-state index is 6.11. The minimum atomic E-state index is 0.304. The zero-order valence-electron chi connectivity index (χ0n) is 11.8. The number of nitrogens with zero attached hydrogens (tertiary/aromatic N) is 4. The van der Waals surface area contributed by atoms with Crippen LogP contribution in [0.15, 0.2) is 12.1 Å². The second-order valence-electron chi connectivity index (χ2n) is 5.55. The van der Waals surface area contributed by atoms with Crippen LogP contribution >= 0.6 is 23.2 Å². The lowest BCUT2D eigenvalue weighted by molar-refractivity contribution is 0.388. The molecule has 5 nitrogen and oxygen atoms in total. The Hall–Kier alpha value is -1.33. The maximum Gasteiger partial charge on any atom is 0.182 e. The van der Waals surface area contributed by atoms with Crippen molar-refractivity contribution in [1.29, 1.82) is 0 Å². The molecule has 1 aliphatic rings. The molecule has 0 radical (unpaired) electrons. The highest BCUT2D eigenvalue weighted by Gasteiger charge is 2.27. The predicted octanol–water partition coefficient (Wildman–Crippen LogP) is 3.98. The van der Waals surface area contributed by atoms with Crippen molar-refractivity contribution in [3.05, 3.63) is 22.2 Å². The maximum absolute atomic E-state index is 6.11. The van der Waals surface area contributed by atoms with Crippen molar-refractivity contribution in [1.82, 2.24) is 20.2 Å². The summed E-state index contributed by atoms with van der Waals surface area (Å²) in [4.78, 5) is 0. The van der Waals surface area contributed by atoms with Crippen LogP contribution in [0.4, 0.5) is 5.69 Å². The van der Waals surface area contributed by atoms with Gasteiger partial charge in [0.1, 0.15) is 0 Å². The molecule has 1 aromatic heterocycles. The molecule has 1 unspecified atom stereocenters. The molecule has 7 heteroatoms. The summed E-state index contributed by atoms with van der Waals surface area (Å²) >= 11 is 12.1. The van der Waals surface area contributed by atoms with Gasteiger partial charge in [-0.1, -0.05) is 43.0 Å². The van der Waals surface area contributed by atoms with Crippen LogP contribution in [0, 0.1) is 5.92 Å². The number of hydrogen-bond acceptors (Lipinski definition) is 4. The number of hydrogen-bond donors (Lipinski definition) is 1. The second-order valence-corrected chi connectivity index (χ2v) is 6.33. The van der Waals surface area contributed by atoms with Crippen LogP contribution in [0.2, 0.25) is 10.0 Å². The van der Waals surface area contributed by atoms with Gasteiger partial charge in [-0.25, -0.2) is 4.68 Å². The fourth-order valence-electron chi connectivity index (χ4n) is 2.55. The van der Waals surface area contributed by atoms with E-state index in [1.54, 1.807) is 12.1 Å². The van der Waals surface area contributed by atoms with Gasteiger partial charge in [-0.3, -0.25) is 0 Å². The van der Waals surface area contributed by atoms with Crippen molar-refractivity contribution in [3.63, 3.8) is 0 Å². The summed E-state index contributed by atoms with van der Waals surface area (Å²) in [5.41, 5.74) is 7.11. The van der Waals surface area contributed by atoms with E-state index in [0.29, 0.717) is 27.6 Å². The lowest BCUT2D eigenvalue weighted by atomic mass is 10.1. The summed E-state index contributed by atoms with van der Waals surface area (Å²) in [5, 5.41) is 12.9. The SMILES string of the molecule is CCC(CC1CC1)n1nnnc1-c1cc(N)c(Cl)c(Cl)c1. The third-order valence-electron chi connectivity index (χ3n) is 3.93. The molecule has 1 aromatic carbocycles. The summed E-state index contributed by atoms with van der Waals surface area (Å²) in [7, 11) is 0. The number of tetrazole rings is 1. The average molecular weight is 326 g/mol. The van der Waals surface area contributed by atoms with Gasteiger partial charge in [-0.15, -0.1) is 5.10 Å². The van der Waals surface area contributed by atoms with Gasteiger partial charge in [0.15, 0.2) is 5.82 Å². The molecule has 1 aliphatic carbocycles. The molecule has 2 aromatic rings. The monoisotopic (exact) mass is 325 g/mol. The molecule has 2 N–H and O–H groups in total. The van der Waals surface area contributed by atoms with E-state index in [1.165, 1.54) is 12.8 Å². The van der Waals surface area contributed by atoms with Gasteiger partial charge in [0, 0.05) is 5.56 Å². The topological polar surface area (TPSA) is 69.6 Å². The van der Waals surface area contributed by atoms with Crippen LogP contribution in [0.25, 0.3) is 11.4 Å². The Kier molecular flexibility index (Phi) is 4.04. The van der Waals surface area contributed by atoms with Gasteiger partial charge in [-0.05, 0) is 41.3 Å². The number of halogens is 2. The molecule has 112 valence electrons. The summed E-state index contributed by atoms with van der Waals surface area (Å²) in [6.07, 6.45) is 4.73. The summed E-state index contributed by atoms with van der Waals surface area (Å²) in [6, 6.07) is 3.82. The third kappa shape index (κ3) is 2.99. The largest absolute Gasteiger partial charge is 0.397 e. The quantitative estimate of drug-likeness (QED) is 0.844. The standard InChI is InChI=1S/C14H17Cl2N5/c1-2-10(5-8-3-4-8)21-14(18-19-20-21)9-6-11(15)13(16)12(17)7-9/h6-8,10H,2-5,17H2,1H3. The van der Waals surface area contributed by atoms with E-state index >= 15 is 0 Å². The number of nitrogens with two attached hydrogens (primary N) is 1. The highest BCUT2D eigenvalue weighted by atomic mass is 35.5. The molecular formula is C14H17Cl2N5. The molecular weight excluding hydrogens is 309 g/mol. The first-order valence-corrected chi connectivity index (χ1v) is 7.88. The zero-order valence-corrected chi connectivity index (χ0v) is 13.3. The highest BCUT2D eigenvalue weighted by Crippen LogP contribution is 2.39. The number of nitrogen functional groups attached to an aromatic ring is 1. The van der Waals surface area contributed by atoms with E-state index < -0.39 is 0 Å². The molecule has 1 fully saturated rings. The van der Waals surface area contributed by atoms with Crippen LogP contribution in [-0.2, 0) is 0 Å². The van der Waals surface area contributed by atoms with Crippen LogP contribution in [0.5, 0.6) is 0 Å². The lowest BCUT2D eigenvalue weighted by Gasteiger charge is -2.16. The molecule has 0 bridgehead atoms. The Morgan fingerprint density at radius 2 is 2.14 bits per heavy atom. The minimum absolute atomic E-state index is 0.304. The molecule has 0 spiro atoms. The normalized spacial score (nSPS) is 16.1. The van der Waals surface area contributed by atoms with Crippen LogP contribution in [-0.4, -0.2) is 20.2 Å². The van der Waals surface area contributed by atoms with Crippen molar-refractivity contribution in [3.8, 4) is 11.4 Å². The lowest BCUT2D eigenvalue weighted by Crippen LogP contribution is -2.12. The van der Waals surface area contributed by atoms with Crippen LogP contribution < -0.4 is 5.73 Å². The fourth-order valence-corrected chi connectivity index (χ4v) is 2.88. The summed E-state index contributed by atoms with van der Waals surface area (Å²) in [5.74, 6) is 1.50. The van der Waals surface area contributed by atoms with E-state index in [1.807, 2.05) is 4.68 Å². The van der Waals surface area contributed by atoms with E-state index in [0.717, 1.165) is 24.3 Å². The Morgan fingerprint density at radius 1 is 1.38 bits per heavy atom. The molecule has 0 amide bonds.